The molecule has 1 aliphatic heterocycles. The highest BCUT2D eigenvalue weighted by Crippen LogP contribution is 2.34. The molecule has 4 rings (SSSR count). The van der Waals surface area contributed by atoms with Gasteiger partial charge in [-0.05, 0) is 57.9 Å². The molecule has 0 bridgehead atoms. The summed E-state index contributed by atoms with van der Waals surface area (Å²) in [5.74, 6) is -0.967. The standard InChI is InChI=1S/C24H26FN3O5S2/c1-5-32-18(29)13-34-22-26-20-19(21(30)28(22)15-8-6-7-14(25)11-15)16-9-10-27(12-17(16)35-20)23(31)33-24(2,3)4/h6-8,11H,5,9-10,12-13H2,1-4H3. The summed E-state index contributed by atoms with van der Waals surface area (Å²) in [5, 5.41) is 0.724. The van der Waals surface area contributed by atoms with Gasteiger partial charge in [-0.2, -0.15) is 0 Å². The predicted molar refractivity (Wildman–Crippen MR) is 133 cm³/mol. The molecule has 0 aliphatic carbocycles. The Kier molecular flexibility index (Phi) is 7.18. The van der Waals surface area contributed by atoms with Crippen LogP contribution < -0.4 is 5.56 Å². The quantitative estimate of drug-likeness (QED) is 0.278. The van der Waals surface area contributed by atoms with Gasteiger partial charge in [0, 0.05) is 11.4 Å². The second-order valence-electron chi connectivity index (χ2n) is 8.94. The zero-order valence-corrected chi connectivity index (χ0v) is 21.6. The Hall–Kier alpha value is -2.92. The molecule has 0 spiro atoms. The maximum absolute atomic E-state index is 14.0. The van der Waals surface area contributed by atoms with Crippen LogP contribution in [0.3, 0.4) is 0 Å². The van der Waals surface area contributed by atoms with Crippen molar-refractivity contribution in [2.45, 2.75) is 51.4 Å². The normalized spacial score (nSPS) is 13.6. The number of nitrogens with zero attached hydrogens (tertiary/aromatic N) is 3. The molecule has 0 fully saturated rings. The highest BCUT2D eigenvalue weighted by molar-refractivity contribution is 7.99. The fraction of sp³-hybridized carbons (Fsp3) is 0.417. The molecule has 35 heavy (non-hydrogen) atoms. The summed E-state index contributed by atoms with van der Waals surface area (Å²) in [6.07, 6.45) is 0.0701. The number of aromatic nitrogens is 2. The molecule has 0 saturated carbocycles. The van der Waals surface area contributed by atoms with E-state index < -0.39 is 23.5 Å². The third-order valence-corrected chi connectivity index (χ3v) is 7.21. The van der Waals surface area contributed by atoms with Crippen molar-refractivity contribution in [3.8, 4) is 5.69 Å². The highest BCUT2D eigenvalue weighted by Gasteiger charge is 2.30. The lowest BCUT2D eigenvalue weighted by molar-refractivity contribution is -0.139. The van der Waals surface area contributed by atoms with Crippen molar-refractivity contribution in [3.05, 3.63) is 50.9 Å². The lowest BCUT2D eigenvalue weighted by Gasteiger charge is -2.29. The SMILES string of the molecule is CCOC(=O)CSc1nc2sc3c(c2c(=O)n1-c1cccc(F)c1)CCN(C(=O)OC(C)(C)C)C3. The number of ether oxygens (including phenoxy) is 2. The lowest BCUT2D eigenvalue weighted by Crippen LogP contribution is -2.39. The monoisotopic (exact) mass is 519 g/mol. The van der Waals surface area contributed by atoms with Crippen LogP contribution in [0, 0.1) is 5.82 Å². The molecule has 0 saturated heterocycles. The van der Waals surface area contributed by atoms with Gasteiger partial charge in [-0.15, -0.1) is 11.3 Å². The molecule has 3 heterocycles. The lowest BCUT2D eigenvalue weighted by atomic mass is 10.1. The number of thioether (sulfide) groups is 1. The Bertz CT molecular complexity index is 1350. The predicted octanol–water partition coefficient (Wildman–Crippen LogP) is 4.53. The number of thiophene rings is 1. The van der Waals surface area contributed by atoms with E-state index in [9.17, 15) is 18.8 Å². The van der Waals surface area contributed by atoms with E-state index >= 15 is 0 Å². The van der Waals surface area contributed by atoms with Crippen molar-refractivity contribution in [1.29, 1.82) is 0 Å². The summed E-state index contributed by atoms with van der Waals surface area (Å²) in [4.78, 5) is 46.0. The van der Waals surface area contributed by atoms with Gasteiger partial charge < -0.3 is 14.4 Å². The fourth-order valence-electron chi connectivity index (χ4n) is 3.77. The average Bonchev–Trinajstić information content (AvgIpc) is 3.14. The number of rotatable bonds is 5. The van der Waals surface area contributed by atoms with Crippen molar-refractivity contribution in [2.24, 2.45) is 0 Å². The van der Waals surface area contributed by atoms with E-state index in [1.165, 1.54) is 34.1 Å². The Balaban J connectivity index is 1.77. The third-order valence-electron chi connectivity index (χ3n) is 5.19. The van der Waals surface area contributed by atoms with E-state index in [0.29, 0.717) is 35.4 Å². The van der Waals surface area contributed by atoms with Crippen LogP contribution in [-0.4, -0.2) is 51.0 Å². The molecule has 0 radical (unpaired) electrons. The summed E-state index contributed by atoms with van der Waals surface area (Å²) in [6.45, 7) is 8.12. The van der Waals surface area contributed by atoms with Crippen LogP contribution in [-0.2, 0) is 27.2 Å². The molecule has 1 aromatic carbocycles. The molecule has 0 unspecified atom stereocenters. The van der Waals surface area contributed by atoms with E-state index in [2.05, 4.69) is 4.98 Å². The van der Waals surface area contributed by atoms with Crippen LogP contribution in [0.4, 0.5) is 9.18 Å². The van der Waals surface area contributed by atoms with Crippen LogP contribution in [0.15, 0.2) is 34.2 Å². The Morgan fingerprint density at radius 3 is 2.74 bits per heavy atom. The minimum atomic E-state index is -0.608. The molecule has 186 valence electrons. The minimum Gasteiger partial charge on any atom is -0.465 e. The zero-order chi connectivity index (χ0) is 25.3. The molecular weight excluding hydrogens is 493 g/mol. The number of hydrogen-bond donors (Lipinski definition) is 0. The first-order valence-electron chi connectivity index (χ1n) is 11.2. The Labute approximate surface area is 210 Å². The Morgan fingerprint density at radius 1 is 1.29 bits per heavy atom. The zero-order valence-electron chi connectivity index (χ0n) is 19.9. The summed E-state index contributed by atoms with van der Waals surface area (Å²) in [6, 6.07) is 5.69. The van der Waals surface area contributed by atoms with Crippen LogP contribution >= 0.6 is 23.1 Å². The topological polar surface area (TPSA) is 90.7 Å². The third kappa shape index (κ3) is 5.51. The number of fused-ring (bicyclic) bond motifs is 3. The van der Waals surface area contributed by atoms with Crippen molar-refractivity contribution in [1.82, 2.24) is 14.5 Å². The first-order valence-corrected chi connectivity index (χ1v) is 13.0. The summed E-state index contributed by atoms with van der Waals surface area (Å²) in [7, 11) is 0. The van der Waals surface area contributed by atoms with E-state index in [1.807, 2.05) is 20.8 Å². The first kappa shape index (κ1) is 25.2. The van der Waals surface area contributed by atoms with Crippen LogP contribution in [0.1, 0.15) is 38.1 Å². The second-order valence-corrected chi connectivity index (χ2v) is 11.0. The number of esters is 1. The van der Waals surface area contributed by atoms with E-state index in [4.69, 9.17) is 9.47 Å². The van der Waals surface area contributed by atoms with Crippen molar-refractivity contribution >= 4 is 45.4 Å². The summed E-state index contributed by atoms with van der Waals surface area (Å²) < 4.78 is 25.9. The van der Waals surface area contributed by atoms with Crippen molar-refractivity contribution in [2.75, 3.05) is 18.9 Å². The average molecular weight is 520 g/mol. The van der Waals surface area contributed by atoms with Crippen molar-refractivity contribution in [3.63, 3.8) is 0 Å². The van der Waals surface area contributed by atoms with Gasteiger partial charge in [0.1, 0.15) is 16.2 Å². The molecule has 1 amide bonds. The number of hydrogen-bond acceptors (Lipinski definition) is 8. The number of carbonyl (C=O) groups is 2. The number of carbonyl (C=O) groups excluding carboxylic acids is 2. The van der Waals surface area contributed by atoms with Crippen LogP contribution in [0.25, 0.3) is 15.9 Å². The van der Waals surface area contributed by atoms with Crippen LogP contribution in [0.2, 0.25) is 0 Å². The number of benzene rings is 1. The van der Waals surface area contributed by atoms with Gasteiger partial charge in [0.15, 0.2) is 5.16 Å². The second kappa shape index (κ2) is 9.98. The van der Waals surface area contributed by atoms with Gasteiger partial charge in [0.25, 0.3) is 5.56 Å². The Morgan fingerprint density at radius 2 is 2.06 bits per heavy atom. The molecule has 3 aromatic rings. The van der Waals surface area contributed by atoms with Crippen molar-refractivity contribution < 1.29 is 23.5 Å². The van der Waals surface area contributed by atoms with Gasteiger partial charge in [-0.3, -0.25) is 14.2 Å². The van der Waals surface area contributed by atoms with Crippen LogP contribution in [0.5, 0.6) is 0 Å². The largest absolute Gasteiger partial charge is 0.465 e. The van der Waals surface area contributed by atoms with Gasteiger partial charge in [-0.25, -0.2) is 14.2 Å². The molecule has 11 heteroatoms. The van der Waals surface area contributed by atoms with E-state index in [0.717, 1.165) is 22.2 Å². The van der Waals surface area contributed by atoms with Gasteiger partial charge in [0.2, 0.25) is 0 Å². The first-order chi connectivity index (χ1) is 16.6. The number of halogens is 1. The molecular formula is C24H26FN3O5S2. The molecule has 2 aromatic heterocycles. The minimum absolute atomic E-state index is 0.0430. The number of amides is 1. The van der Waals surface area contributed by atoms with E-state index in [-0.39, 0.29) is 23.1 Å². The molecule has 8 nitrogen and oxygen atoms in total. The molecule has 0 atom stereocenters. The molecule has 1 aliphatic rings. The van der Waals surface area contributed by atoms with E-state index in [1.54, 1.807) is 17.9 Å². The summed E-state index contributed by atoms with van der Waals surface area (Å²) in [5.41, 5.74) is 0.217. The fourth-order valence-corrected chi connectivity index (χ4v) is 5.86. The maximum Gasteiger partial charge on any atom is 0.410 e. The van der Waals surface area contributed by atoms with Gasteiger partial charge in [-0.1, -0.05) is 17.8 Å². The smallest absolute Gasteiger partial charge is 0.410 e. The summed E-state index contributed by atoms with van der Waals surface area (Å²) >= 11 is 2.40. The maximum atomic E-state index is 14.0. The highest BCUT2D eigenvalue weighted by atomic mass is 32.2. The van der Waals surface area contributed by atoms with Gasteiger partial charge in [0.05, 0.1) is 30.0 Å². The van der Waals surface area contributed by atoms with Gasteiger partial charge >= 0.3 is 12.1 Å². The molecule has 0 N–H and O–H groups in total.